The van der Waals surface area contributed by atoms with Crippen molar-refractivity contribution in [1.82, 2.24) is 5.32 Å². The molecular formula is C7H15N3O2S. The zero-order valence-electron chi connectivity index (χ0n) is 7.66. The van der Waals surface area contributed by atoms with Crippen molar-refractivity contribution in [2.75, 3.05) is 18.1 Å². The summed E-state index contributed by atoms with van der Waals surface area (Å²) in [6, 6.07) is -0.0553. The van der Waals surface area contributed by atoms with Gasteiger partial charge in [-0.15, -0.1) is 0 Å². The Bertz CT molecular complexity index is 297. The quantitative estimate of drug-likeness (QED) is 0.452. The van der Waals surface area contributed by atoms with Gasteiger partial charge in [0.05, 0.1) is 11.5 Å². The second-order valence-corrected chi connectivity index (χ2v) is 5.33. The molecule has 1 unspecified atom stereocenters. The van der Waals surface area contributed by atoms with Crippen molar-refractivity contribution in [2.24, 2.45) is 10.7 Å². The first-order valence-electron chi connectivity index (χ1n) is 4.30. The van der Waals surface area contributed by atoms with Crippen LogP contribution in [-0.2, 0) is 9.84 Å². The molecule has 1 aliphatic heterocycles. The number of aliphatic imine (C=N–C) groups is 1. The lowest BCUT2D eigenvalue weighted by molar-refractivity contribution is 0.600. The first-order valence-corrected chi connectivity index (χ1v) is 6.12. The summed E-state index contributed by atoms with van der Waals surface area (Å²) in [5, 5.41) is 2.88. The van der Waals surface area contributed by atoms with Crippen LogP contribution in [0.5, 0.6) is 0 Å². The van der Waals surface area contributed by atoms with Crippen LogP contribution in [0.1, 0.15) is 13.3 Å². The first kappa shape index (κ1) is 10.3. The third-order valence-corrected chi connectivity index (χ3v) is 3.68. The van der Waals surface area contributed by atoms with Gasteiger partial charge in [-0.05, 0) is 13.3 Å². The molecule has 0 aromatic heterocycles. The molecule has 1 aliphatic rings. The number of hydrogen-bond donors (Lipinski definition) is 2. The van der Waals surface area contributed by atoms with Gasteiger partial charge < -0.3 is 11.1 Å². The van der Waals surface area contributed by atoms with E-state index in [0.29, 0.717) is 18.9 Å². The third-order valence-electron chi connectivity index (χ3n) is 1.91. The standard InChI is InChI=1S/C7H15N3O2S/c1-2-9-7(8)10-6-3-4-13(11,12)5-6/h6H,2-5H2,1H3,(H3,8,9,10). The average molecular weight is 205 g/mol. The molecule has 0 radical (unpaired) electrons. The van der Waals surface area contributed by atoms with E-state index in [0.717, 1.165) is 0 Å². The van der Waals surface area contributed by atoms with Crippen LogP contribution in [0.15, 0.2) is 4.99 Å². The van der Waals surface area contributed by atoms with Crippen molar-refractivity contribution in [3.63, 3.8) is 0 Å². The molecule has 76 valence electrons. The molecular weight excluding hydrogens is 190 g/mol. The summed E-state index contributed by atoms with van der Waals surface area (Å²) in [5.74, 6) is 0.765. The normalized spacial score (nSPS) is 27.5. The van der Waals surface area contributed by atoms with Gasteiger partial charge in [-0.25, -0.2) is 8.42 Å². The van der Waals surface area contributed by atoms with Crippen molar-refractivity contribution in [3.8, 4) is 0 Å². The molecule has 5 nitrogen and oxygen atoms in total. The molecule has 1 saturated heterocycles. The molecule has 1 fully saturated rings. The molecule has 1 atom stereocenters. The van der Waals surface area contributed by atoms with Crippen LogP contribution in [-0.4, -0.2) is 38.5 Å². The van der Waals surface area contributed by atoms with E-state index in [9.17, 15) is 8.42 Å². The Labute approximate surface area is 78.3 Å². The van der Waals surface area contributed by atoms with Crippen molar-refractivity contribution >= 4 is 15.8 Å². The van der Waals surface area contributed by atoms with E-state index in [1.54, 1.807) is 0 Å². The Morgan fingerprint density at radius 2 is 2.38 bits per heavy atom. The number of nitrogens with two attached hydrogens (primary N) is 1. The lowest BCUT2D eigenvalue weighted by atomic mass is 10.3. The van der Waals surface area contributed by atoms with E-state index >= 15 is 0 Å². The molecule has 0 bridgehead atoms. The Hall–Kier alpha value is -0.780. The highest BCUT2D eigenvalue weighted by Gasteiger charge is 2.27. The second kappa shape index (κ2) is 3.95. The van der Waals surface area contributed by atoms with Gasteiger partial charge in [-0.2, -0.15) is 0 Å². The van der Waals surface area contributed by atoms with Crippen LogP contribution in [0.3, 0.4) is 0 Å². The zero-order valence-corrected chi connectivity index (χ0v) is 8.47. The summed E-state index contributed by atoms with van der Waals surface area (Å²) in [6.45, 7) is 2.48. The van der Waals surface area contributed by atoms with E-state index in [1.807, 2.05) is 6.92 Å². The summed E-state index contributed by atoms with van der Waals surface area (Å²) in [4.78, 5) is 3.92. The number of sulfone groups is 1. The monoisotopic (exact) mass is 205 g/mol. The SMILES string of the molecule is CCN=C(N)NC1CCS(=O)(=O)C1. The molecule has 0 aliphatic carbocycles. The van der Waals surface area contributed by atoms with Crippen LogP contribution in [0.2, 0.25) is 0 Å². The van der Waals surface area contributed by atoms with Gasteiger partial charge in [-0.1, -0.05) is 0 Å². The Balaban J connectivity index is 2.45. The summed E-state index contributed by atoms with van der Waals surface area (Å²) in [7, 11) is -2.83. The van der Waals surface area contributed by atoms with Gasteiger partial charge in [0.15, 0.2) is 15.8 Å². The van der Waals surface area contributed by atoms with Crippen molar-refractivity contribution in [3.05, 3.63) is 0 Å². The largest absolute Gasteiger partial charge is 0.370 e. The topological polar surface area (TPSA) is 84.5 Å². The molecule has 0 amide bonds. The molecule has 0 spiro atoms. The van der Waals surface area contributed by atoms with Crippen molar-refractivity contribution < 1.29 is 8.42 Å². The number of rotatable bonds is 2. The van der Waals surface area contributed by atoms with E-state index in [2.05, 4.69) is 10.3 Å². The van der Waals surface area contributed by atoms with Crippen LogP contribution >= 0.6 is 0 Å². The van der Waals surface area contributed by atoms with E-state index in [-0.39, 0.29) is 17.5 Å². The zero-order chi connectivity index (χ0) is 9.90. The van der Waals surface area contributed by atoms with Gasteiger partial charge in [0.2, 0.25) is 0 Å². The minimum Gasteiger partial charge on any atom is -0.370 e. The van der Waals surface area contributed by atoms with E-state index < -0.39 is 9.84 Å². The number of nitrogens with one attached hydrogen (secondary N) is 1. The lowest BCUT2D eigenvalue weighted by Crippen LogP contribution is -2.40. The van der Waals surface area contributed by atoms with Gasteiger partial charge in [0.25, 0.3) is 0 Å². The van der Waals surface area contributed by atoms with Gasteiger partial charge in [-0.3, -0.25) is 4.99 Å². The van der Waals surface area contributed by atoms with Crippen LogP contribution in [0.4, 0.5) is 0 Å². The van der Waals surface area contributed by atoms with Crippen LogP contribution in [0, 0.1) is 0 Å². The number of nitrogens with zero attached hydrogens (tertiary/aromatic N) is 1. The smallest absolute Gasteiger partial charge is 0.188 e. The fourth-order valence-electron chi connectivity index (χ4n) is 1.33. The summed E-state index contributed by atoms with van der Waals surface area (Å²) < 4.78 is 22.1. The highest BCUT2D eigenvalue weighted by Crippen LogP contribution is 2.10. The highest BCUT2D eigenvalue weighted by molar-refractivity contribution is 7.91. The van der Waals surface area contributed by atoms with Crippen LogP contribution in [0.25, 0.3) is 0 Å². The Morgan fingerprint density at radius 3 is 2.85 bits per heavy atom. The lowest BCUT2D eigenvalue weighted by Gasteiger charge is -2.10. The third kappa shape index (κ3) is 3.22. The summed E-state index contributed by atoms with van der Waals surface area (Å²) in [5.41, 5.74) is 5.50. The predicted molar refractivity (Wildman–Crippen MR) is 52.4 cm³/mol. The van der Waals surface area contributed by atoms with Gasteiger partial charge >= 0.3 is 0 Å². The fraction of sp³-hybridized carbons (Fsp3) is 0.857. The Kier molecular flexibility index (Phi) is 3.13. The Morgan fingerprint density at radius 1 is 1.69 bits per heavy atom. The minimum atomic E-state index is -2.83. The van der Waals surface area contributed by atoms with E-state index in [1.165, 1.54) is 0 Å². The number of guanidine groups is 1. The summed E-state index contributed by atoms with van der Waals surface area (Å²) >= 11 is 0. The molecule has 0 saturated carbocycles. The van der Waals surface area contributed by atoms with Crippen molar-refractivity contribution in [1.29, 1.82) is 0 Å². The maximum atomic E-state index is 11.1. The van der Waals surface area contributed by atoms with E-state index in [4.69, 9.17) is 5.73 Å². The van der Waals surface area contributed by atoms with Crippen LogP contribution < -0.4 is 11.1 Å². The maximum absolute atomic E-state index is 11.1. The van der Waals surface area contributed by atoms with Crippen molar-refractivity contribution in [2.45, 2.75) is 19.4 Å². The molecule has 13 heavy (non-hydrogen) atoms. The maximum Gasteiger partial charge on any atom is 0.188 e. The molecule has 0 aromatic rings. The van der Waals surface area contributed by atoms with Gasteiger partial charge in [0.1, 0.15) is 0 Å². The summed E-state index contributed by atoms with van der Waals surface area (Å²) in [6.07, 6.45) is 0.627. The highest BCUT2D eigenvalue weighted by atomic mass is 32.2. The fourth-order valence-corrected chi connectivity index (χ4v) is 3.01. The molecule has 6 heteroatoms. The minimum absolute atomic E-state index is 0.0553. The second-order valence-electron chi connectivity index (χ2n) is 3.10. The average Bonchev–Trinajstić information content (AvgIpc) is 2.30. The molecule has 1 rings (SSSR count). The number of hydrogen-bond acceptors (Lipinski definition) is 3. The predicted octanol–water partition coefficient (Wildman–Crippen LogP) is -0.902. The molecule has 1 heterocycles. The van der Waals surface area contributed by atoms with Gasteiger partial charge in [0, 0.05) is 12.6 Å². The molecule has 3 N–H and O–H groups in total. The first-order chi connectivity index (χ1) is 6.03. The molecule has 0 aromatic carbocycles.